The van der Waals surface area contributed by atoms with Crippen LogP contribution in [0.5, 0.6) is 5.75 Å². The number of rotatable bonds is 7. The molecule has 0 bridgehead atoms. The van der Waals surface area contributed by atoms with E-state index in [9.17, 15) is 9.59 Å². The fourth-order valence-electron chi connectivity index (χ4n) is 3.19. The average Bonchev–Trinajstić information content (AvgIpc) is 2.84. The molecule has 0 fully saturated rings. The zero-order valence-corrected chi connectivity index (χ0v) is 14.8. The number of Topliss-reactive ketones (excluding diaryl/α,β-unsaturated/α-hetero) is 1. The lowest BCUT2D eigenvalue weighted by Crippen LogP contribution is -2.05. The lowest BCUT2D eigenvalue weighted by Gasteiger charge is -2.15. The molecule has 0 aromatic heterocycles. The van der Waals surface area contributed by atoms with Crippen LogP contribution in [0.25, 0.3) is 5.57 Å². The van der Waals surface area contributed by atoms with Crippen LogP contribution in [0.4, 0.5) is 0 Å². The van der Waals surface area contributed by atoms with Gasteiger partial charge in [0.05, 0.1) is 13.7 Å². The van der Waals surface area contributed by atoms with Crippen molar-refractivity contribution in [2.75, 3.05) is 13.7 Å². The first kappa shape index (κ1) is 18.0. The van der Waals surface area contributed by atoms with Crippen molar-refractivity contribution in [2.45, 2.75) is 32.1 Å². The van der Waals surface area contributed by atoms with Gasteiger partial charge >= 0.3 is 5.97 Å². The number of hydrogen-bond acceptors (Lipinski definition) is 4. The minimum atomic E-state index is -0.841. The molecule has 0 saturated carbocycles. The van der Waals surface area contributed by atoms with Crippen LogP contribution in [-0.4, -0.2) is 30.6 Å². The van der Waals surface area contributed by atoms with Crippen LogP contribution in [0.1, 0.15) is 47.2 Å². The molecule has 0 radical (unpaired) electrons. The molecule has 26 heavy (non-hydrogen) atoms. The number of aryl methyl sites for hydroxylation is 1. The second-order valence-corrected chi connectivity index (χ2v) is 6.35. The van der Waals surface area contributed by atoms with E-state index < -0.39 is 5.97 Å². The molecule has 0 atom stereocenters. The molecule has 0 unspecified atom stereocenters. The number of fused-ring (bicyclic) bond motifs is 1. The standard InChI is InChI=1S/C21H22O5/c1-25-16-5-2-4-14(7-9-16)18-12-15-8-10-19(22)17(15)13-20(18)26-11-3-6-21(23)24/h2,5,7,9,12-13H,3-4,6,8,10-11H2,1H3,(H,23,24). The number of carbonyl (C=O) groups is 2. The van der Waals surface area contributed by atoms with E-state index in [4.69, 9.17) is 14.6 Å². The largest absolute Gasteiger partial charge is 0.497 e. The number of methoxy groups -OCH3 is 1. The number of hydrogen-bond donors (Lipinski definition) is 1. The summed E-state index contributed by atoms with van der Waals surface area (Å²) in [4.78, 5) is 22.8. The quantitative estimate of drug-likeness (QED) is 0.751. The zero-order chi connectivity index (χ0) is 18.5. The van der Waals surface area contributed by atoms with Gasteiger partial charge in [0.15, 0.2) is 5.78 Å². The number of benzene rings is 1. The maximum Gasteiger partial charge on any atom is 0.303 e. The number of ether oxygens (including phenoxy) is 2. The molecule has 5 nitrogen and oxygen atoms in total. The van der Waals surface area contributed by atoms with Gasteiger partial charge in [-0.05, 0) is 54.7 Å². The first-order chi connectivity index (χ1) is 12.6. The van der Waals surface area contributed by atoms with E-state index in [0.29, 0.717) is 25.2 Å². The molecule has 3 rings (SSSR count). The van der Waals surface area contributed by atoms with Gasteiger partial charge in [-0.3, -0.25) is 9.59 Å². The number of allylic oxidation sites excluding steroid dienone is 5. The SMILES string of the molecule is COC1=CC=C(c2cc3c(cc2OCCCC(=O)O)C(=O)CC3)CC=C1. The van der Waals surface area contributed by atoms with Crippen molar-refractivity contribution in [1.29, 1.82) is 0 Å². The number of carboxylic acids is 1. The van der Waals surface area contributed by atoms with E-state index in [2.05, 4.69) is 0 Å². The maximum atomic E-state index is 12.1. The maximum absolute atomic E-state index is 12.1. The molecule has 1 aromatic carbocycles. The minimum absolute atomic E-state index is 0.0601. The van der Waals surface area contributed by atoms with Gasteiger partial charge in [0.25, 0.3) is 0 Å². The summed E-state index contributed by atoms with van der Waals surface area (Å²) in [6.07, 6.45) is 10.4. The van der Waals surface area contributed by atoms with E-state index in [1.165, 1.54) is 0 Å². The number of aliphatic carboxylic acids is 1. The predicted molar refractivity (Wildman–Crippen MR) is 98.3 cm³/mol. The Labute approximate surface area is 152 Å². The van der Waals surface area contributed by atoms with E-state index in [1.54, 1.807) is 7.11 Å². The molecule has 5 heteroatoms. The Morgan fingerprint density at radius 1 is 1.19 bits per heavy atom. The third-order valence-corrected chi connectivity index (χ3v) is 4.57. The van der Waals surface area contributed by atoms with Crippen LogP contribution >= 0.6 is 0 Å². The molecule has 1 N–H and O–H groups in total. The smallest absolute Gasteiger partial charge is 0.303 e. The first-order valence-corrected chi connectivity index (χ1v) is 8.75. The minimum Gasteiger partial charge on any atom is -0.497 e. The summed E-state index contributed by atoms with van der Waals surface area (Å²) in [5, 5.41) is 8.77. The van der Waals surface area contributed by atoms with Crippen LogP contribution in [0.3, 0.4) is 0 Å². The molecule has 2 aliphatic carbocycles. The molecular formula is C21H22O5. The summed E-state index contributed by atoms with van der Waals surface area (Å²) < 4.78 is 11.1. The van der Waals surface area contributed by atoms with Crippen molar-refractivity contribution in [3.05, 3.63) is 58.9 Å². The number of carboxylic acid groups (broad SMARTS) is 1. The normalized spacial score (nSPS) is 15.8. The Morgan fingerprint density at radius 3 is 2.81 bits per heavy atom. The molecule has 136 valence electrons. The third kappa shape index (κ3) is 4.04. The van der Waals surface area contributed by atoms with Crippen LogP contribution in [0.2, 0.25) is 0 Å². The van der Waals surface area contributed by atoms with E-state index in [0.717, 1.165) is 40.9 Å². The van der Waals surface area contributed by atoms with E-state index >= 15 is 0 Å². The summed E-state index contributed by atoms with van der Waals surface area (Å²) in [5.74, 6) is 0.712. The molecule has 0 aliphatic heterocycles. The van der Waals surface area contributed by atoms with E-state index in [-0.39, 0.29) is 12.2 Å². The Kier molecular flexibility index (Phi) is 5.56. The molecule has 0 saturated heterocycles. The Morgan fingerprint density at radius 2 is 2.04 bits per heavy atom. The predicted octanol–water partition coefficient (Wildman–Crippen LogP) is 3.93. The summed E-state index contributed by atoms with van der Waals surface area (Å²) in [5.41, 5.74) is 3.79. The summed E-state index contributed by atoms with van der Waals surface area (Å²) >= 11 is 0. The summed E-state index contributed by atoms with van der Waals surface area (Å²) in [6.45, 7) is 0.300. The fraction of sp³-hybridized carbons (Fsp3) is 0.333. The van der Waals surface area contributed by atoms with Gasteiger partial charge in [0.2, 0.25) is 0 Å². The van der Waals surface area contributed by atoms with Crippen LogP contribution in [0, 0.1) is 0 Å². The molecule has 0 heterocycles. The topological polar surface area (TPSA) is 72.8 Å². The fourth-order valence-corrected chi connectivity index (χ4v) is 3.19. The van der Waals surface area contributed by atoms with Gasteiger partial charge in [-0.1, -0.05) is 12.2 Å². The average molecular weight is 354 g/mol. The van der Waals surface area contributed by atoms with Gasteiger partial charge in [-0.25, -0.2) is 0 Å². The van der Waals surface area contributed by atoms with Crippen LogP contribution in [0.15, 0.2) is 42.2 Å². The highest BCUT2D eigenvalue weighted by molar-refractivity contribution is 6.01. The van der Waals surface area contributed by atoms with Gasteiger partial charge in [0, 0.05) is 24.0 Å². The number of carbonyl (C=O) groups excluding carboxylic acids is 1. The highest BCUT2D eigenvalue weighted by atomic mass is 16.5. The lowest BCUT2D eigenvalue weighted by molar-refractivity contribution is -0.137. The molecular weight excluding hydrogens is 332 g/mol. The van der Waals surface area contributed by atoms with E-state index in [1.807, 2.05) is 36.4 Å². The summed E-state index contributed by atoms with van der Waals surface area (Å²) in [7, 11) is 1.63. The molecule has 0 amide bonds. The molecule has 1 aromatic rings. The summed E-state index contributed by atoms with van der Waals surface area (Å²) in [6, 6.07) is 3.86. The third-order valence-electron chi connectivity index (χ3n) is 4.57. The molecule has 0 spiro atoms. The van der Waals surface area contributed by atoms with Crippen molar-refractivity contribution in [3.8, 4) is 5.75 Å². The van der Waals surface area contributed by atoms with Crippen molar-refractivity contribution in [1.82, 2.24) is 0 Å². The Hall–Kier alpha value is -2.82. The van der Waals surface area contributed by atoms with Crippen LogP contribution in [-0.2, 0) is 16.0 Å². The monoisotopic (exact) mass is 354 g/mol. The molecule has 2 aliphatic rings. The highest BCUT2D eigenvalue weighted by Gasteiger charge is 2.23. The Balaban J connectivity index is 1.91. The second kappa shape index (κ2) is 8.04. The Bertz CT molecular complexity index is 814. The van der Waals surface area contributed by atoms with Gasteiger partial charge in [0.1, 0.15) is 11.5 Å². The van der Waals surface area contributed by atoms with Gasteiger partial charge in [-0.15, -0.1) is 0 Å². The lowest BCUT2D eigenvalue weighted by atomic mass is 9.97. The van der Waals surface area contributed by atoms with Crippen molar-refractivity contribution in [3.63, 3.8) is 0 Å². The van der Waals surface area contributed by atoms with Crippen molar-refractivity contribution in [2.24, 2.45) is 0 Å². The van der Waals surface area contributed by atoms with Gasteiger partial charge in [-0.2, -0.15) is 0 Å². The highest BCUT2D eigenvalue weighted by Crippen LogP contribution is 2.36. The van der Waals surface area contributed by atoms with Crippen molar-refractivity contribution >= 4 is 17.3 Å². The van der Waals surface area contributed by atoms with Gasteiger partial charge < -0.3 is 14.6 Å². The zero-order valence-electron chi connectivity index (χ0n) is 14.8. The first-order valence-electron chi connectivity index (χ1n) is 8.75. The number of ketones is 1. The second-order valence-electron chi connectivity index (χ2n) is 6.35. The van der Waals surface area contributed by atoms with Crippen molar-refractivity contribution < 1.29 is 24.2 Å². The van der Waals surface area contributed by atoms with Crippen LogP contribution < -0.4 is 4.74 Å².